The number of rotatable bonds is 9. The van der Waals surface area contributed by atoms with Gasteiger partial charge in [0.25, 0.3) is 5.91 Å². The van der Waals surface area contributed by atoms with Gasteiger partial charge in [0.15, 0.2) is 0 Å². The number of nitrogens with one attached hydrogen (secondary N) is 2. The Kier molecular flexibility index (Phi) is 8.80. The van der Waals surface area contributed by atoms with Gasteiger partial charge >= 0.3 is 0 Å². The predicted octanol–water partition coefficient (Wildman–Crippen LogP) is 0.452. The van der Waals surface area contributed by atoms with E-state index in [4.69, 9.17) is 4.74 Å². The zero-order valence-corrected chi connectivity index (χ0v) is 19.1. The first-order valence-corrected chi connectivity index (χ1v) is 12.4. The van der Waals surface area contributed by atoms with Crippen LogP contribution in [0.2, 0.25) is 0 Å². The van der Waals surface area contributed by atoms with E-state index < -0.39 is 10.0 Å². The monoisotopic (exact) mass is 464 g/mol. The maximum atomic E-state index is 13.0. The van der Waals surface area contributed by atoms with Crippen LogP contribution in [0.3, 0.4) is 0 Å². The largest absolute Gasteiger partial charge is 0.379 e. The van der Waals surface area contributed by atoms with Crippen LogP contribution in [-0.2, 0) is 19.6 Å². The number of carbonyl (C=O) groups excluding carboxylic acids is 2. The molecule has 0 bridgehead atoms. The fourth-order valence-electron chi connectivity index (χ4n) is 3.85. The highest BCUT2D eigenvalue weighted by atomic mass is 32.2. The van der Waals surface area contributed by atoms with Crippen LogP contribution in [0.4, 0.5) is 0 Å². The number of carbonyl (C=O) groups is 2. The van der Waals surface area contributed by atoms with Gasteiger partial charge < -0.3 is 15.4 Å². The molecule has 1 aromatic rings. The topological polar surface area (TPSA) is 108 Å². The molecule has 2 fully saturated rings. The molecule has 0 atom stereocenters. The maximum Gasteiger partial charge on any atom is 0.251 e. The van der Waals surface area contributed by atoms with Crippen molar-refractivity contribution in [2.24, 2.45) is 5.92 Å². The van der Waals surface area contributed by atoms with Gasteiger partial charge in [-0.05, 0) is 49.1 Å². The highest BCUT2D eigenvalue weighted by molar-refractivity contribution is 7.89. The van der Waals surface area contributed by atoms with Gasteiger partial charge in [-0.3, -0.25) is 14.5 Å². The van der Waals surface area contributed by atoms with Gasteiger partial charge in [-0.25, -0.2) is 8.42 Å². The van der Waals surface area contributed by atoms with Gasteiger partial charge in [0.05, 0.1) is 18.1 Å². The lowest BCUT2D eigenvalue weighted by Crippen LogP contribution is -2.41. The van der Waals surface area contributed by atoms with Crippen molar-refractivity contribution in [1.29, 1.82) is 0 Å². The fraction of sp³-hybridized carbons (Fsp3) is 0.545. The molecule has 2 N–H and O–H groups in total. The Morgan fingerprint density at radius 2 is 1.72 bits per heavy atom. The highest BCUT2D eigenvalue weighted by Crippen LogP contribution is 2.23. The van der Waals surface area contributed by atoms with E-state index in [1.807, 2.05) is 0 Å². The van der Waals surface area contributed by atoms with E-state index in [1.165, 1.54) is 22.5 Å². The average molecular weight is 465 g/mol. The SMILES string of the molecule is C=CC(=O)NCC1CCN(S(=O)(=O)c2ccc(C(=O)NCCN3CCOCC3)cc2)CC1. The molecule has 2 aliphatic heterocycles. The van der Waals surface area contributed by atoms with Crippen molar-refractivity contribution in [2.45, 2.75) is 17.7 Å². The van der Waals surface area contributed by atoms with E-state index >= 15 is 0 Å². The third kappa shape index (κ3) is 6.61. The van der Waals surface area contributed by atoms with Gasteiger partial charge in [-0.1, -0.05) is 6.58 Å². The molecule has 2 saturated heterocycles. The molecule has 0 saturated carbocycles. The van der Waals surface area contributed by atoms with Crippen LogP contribution >= 0.6 is 0 Å². The summed E-state index contributed by atoms with van der Waals surface area (Å²) in [6, 6.07) is 6.08. The molecule has 32 heavy (non-hydrogen) atoms. The lowest BCUT2D eigenvalue weighted by Gasteiger charge is -2.31. The molecule has 2 heterocycles. The van der Waals surface area contributed by atoms with Crippen molar-refractivity contribution in [3.8, 4) is 0 Å². The Morgan fingerprint density at radius 3 is 2.34 bits per heavy atom. The summed E-state index contributed by atoms with van der Waals surface area (Å²) in [4.78, 5) is 26.1. The fourth-order valence-corrected chi connectivity index (χ4v) is 5.32. The lowest BCUT2D eigenvalue weighted by molar-refractivity contribution is -0.116. The third-order valence-corrected chi connectivity index (χ3v) is 7.81. The van der Waals surface area contributed by atoms with Crippen LogP contribution in [0.15, 0.2) is 41.8 Å². The first kappa shape index (κ1) is 24.4. The average Bonchev–Trinajstić information content (AvgIpc) is 2.83. The Hall–Kier alpha value is -2.27. The minimum absolute atomic E-state index is 0.181. The first-order valence-electron chi connectivity index (χ1n) is 11.0. The summed E-state index contributed by atoms with van der Waals surface area (Å²) >= 11 is 0. The number of ether oxygens (including phenoxy) is 1. The number of sulfonamides is 1. The van der Waals surface area contributed by atoms with E-state index in [-0.39, 0.29) is 22.6 Å². The molecule has 0 aromatic heterocycles. The number of amides is 2. The maximum absolute atomic E-state index is 13.0. The van der Waals surface area contributed by atoms with Gasteiger partial charge in [0.1, 0.15) is 0 Å². The molecular weight excluding hydrogens is 432 g/mol. The van der Waals surface area contributed by atoms with Crippen molar-refractivity contribution in [2.75, 3.05) is 59.0 Å². The minimum atomic E-state index is -3.62. The minimum Gasteiger partial charge on any atom is -0.379 e. The van der Waals surface area contributed by atoms with Crippen LogP contribution in [0.5, 0.6) is 0 Å². The molecule has 10 heteroatoms. The van der Waals surface area contributed by atoms with E-state index in [0.717, 1.165) is 19.6 Å². The molecular formula is C22H32N4O5S. The van der Waals surface area contributed by atoms with Crippen LogP contribution in [-0.4, -0.2) is 88.5 Å². The molecule has 0 radical (unpaired) electrons. The standard InChI is InChI=1S/C22H32N4O5S/c1-2-21(27)24-17-18-7-10-26(11-8-18)32(29,30)20-5-3-19(4-6-20)22(28)23-9-12-25-13-15-31-16-14-25/h2-6,18H,1,7-17H2,(H,23,28)(H,24,27). The Morgan fingerprint density at radius 1 is 1.06 bits per heavy atom. The molecule has 9 nitrogen and oxygen atoms in total. The van der Waals surface area contributed by atoms with Gasteiger partial charge in [-0.2, -0.15) is 4.31 Å². The van der Waals surface area contributed by atoms with Crippen molar-refractivity contribution in [3.63, 3.8) is 0 Å². The molecule has 0 aliphatic carbocycles. The summed E-state index contributed by atoms with van der Waals surface area (Å²) < 4.78 is 32.7. The van der Waals surface area contributed by atoms with Gasteiger partial charge in [0.2, 0.25) is 15.9 Å². The molecule has 3 rings (SSSR count). The van der Waals surface area contributed by atoms with Crippen molar-refractivity contribution in [3.05, 3.63) is 42.5 Å². The summed E-state index contributed by atoms with van der Waals surface area (Å²) in [5, 5.41) is 5.65. The molecule has 0 spiro atoms. The molecule has 176 valence electrons. The second-order valence-corrected chi connectivity index (χ2v) is 9.97. The Labute approximate surface area is 189 Å². The van der Waals surface area contributed by atoms with Gasteiger partial charge in [0, 0.05) is 51.4 Å². The number of hydrogen-bond acceptors (Lipinski definition) is 6. The second-order valence-electron chi connectivity index (χ2n) is 8.03. The van der Waals surface area contributed by atoms with Crippen molar-refractivity contribution < 1.29 is 22.7 Å². The number of nitrogens with zero attached hydrogens (tertiary/aromatic N) is 2. The summed E-state index contributed by atoms with van der Waals surface area (Å²) in [6.45, 7) is 9.20. The first-order chi connectivity index (χ1) is 15.4. The number of piperidine rings is 1. The molecule has 2 amide bonds. The van der Waals surface area contributed by atoms with E-state index in [1.54, 1.807) is 12.1 Å². The van der Waals surface area contributed by atoms with E-state index in [2.05, 4.69) is 22.1 Å². The van der Waals surface area contributed by atoms with Crippen LogP contribution in [0.1, 0.15) is 23.2 Å². The lowest BCUT2D eigenvalue weighted by atomic mass is 9.98. The summed E-state index contributed by atoms with van der Waals surface area (Å²) in [7, 11) is -3.62. The second kappa shape index (κ2) is 11.6. The predicted molar refractivity (Wildman–Crippen MR) is 121 cm³/mol. The van der Waals surface area contributed by atoms with Crippen molar-refractivity contribution >= 4 is 21.8 Å². The zero-order valence-electron chi connectivity index (χ0n) is 18.3. The third-order valence-electron chi connectivity index (χ3n) is 5.90. The van der Waals surface area contributed by atoms with E-state index in [0.29, 0.717) is 57.8 Å². The zero-order chi connectivity index (χ0) is 23.0. The smallest absolute Gasteiger partial charge is 0.251 e. The van der Waals surface area contributed by atoms with Crippen molar-refractivity contribution in [1.82, 2.24) is 19.8 Å². The molecule has 0 unspecified atom stereocenters. The number of morpholine rings is 1. The quantitative estimate of drug-likeness (QED) is 0.514. The van der Waals surface area contributed by atoms with Crippen LogP contribution < -0.4 is 10.6 Å². The van der Waals surface area contributed by atoms with Gasteiger partial charge in [-0.15, -0.1) is 0 Å². The number of benzene rings is 1. The summed E-state index contributed by atoms with van der Waals surface area (Å²) in [5.74, 6) is -0.191. The van der Waals surface area contributed by atoms with E-state index in [9.17, 15) is 18.0 Å². The Bertz CT molecular complexity index is 889. The normalized spacial score (nSPS) is 18.8. The van der Waals surface area contributed by atoms with Crippen LogP contribution in [0, 0.1) is 5.92 Å². The van der Waals surface area contributed by atoms with Crippen LogP contribution in [0.25, 0.3) is 0 Å². The summed E-state index contributed by atoms with van der Waals surface area (Å²) in [5.41, 5.74) is 0.433. The molecule has 1 aromatic carbocycles. The molecule has 2 aliphatic rings. The summed E-state index contributed by atoms with van der Waals surface area (Å²) in [6.07, 6.45) is 2.59. The number of hydrogen-bond donors (Lipinski definition) is 2. The Balaban J connectivity index is 1.48. The highest BCUT2D eigenvalue weighted by Gasteiger charge is 2.29.